The number of nitrogens with zero attached hydrogens (tertiary/aromatic N) is 3. The lowest BCUT2D eigenvalue weighted by molar-refractivity contribution is 0.910. The Morgan fingerprint density at radius 1 is 1.28 bits per heavy atom. The molecule has 0 aliphatic rings. The molecule has 0 saturated heterocycles. The Bertz CT molecular complexity index is 590. The Kier molecular flexibility index (Phi) is 3.96. The second-order valence-corrected chi connectivity index (χ2v) is 4.78. The summed E-state index contributed by atoms with van der Waals surface area (Å²) in [6.07, 6.45) is 1.63. The van der Waals surface area contributed by atoms with Crippen LogP contribution in [0.1, 0.15) is 11.3 Å². The highest BCUT2D eigenvalue weighted by molar-refractivity contribution is 9.10. The van der Waals surface area contributed by atoms with Crippen molar-refractivity contribution in [1.29, 1.82) is 5.26 Å². The summed E-state index contributed by atoms with van der Waals surface area (Å²) in [7, 11) is 1.96. The van der Waals surface area contributed by atoms with Crippen LogP contribution in [-0.4, -0.2) is 12.0 Å². The first-order chi connectivity index (χ1) is 8.72. The topological polar surface area (TPSA) is 39.9 Å². The first-order valence-electron chi connectivity index (χ1n) is 5.52. The molecule has 0 unspecified atom stereocenters. The summed E-state index contributed by atoms with van der Waals surface area (Å²) in [5, 5.41) is 9.04. The normalized spacial score (nSPS) is 9.83. The Morgan fingerprint density at radius 2 is 2.06 bits per heavy atom. The molecule has 0 atom stereocenters. The van der Waals surface area contributed by atoms with Gasteiger partial charge in [0.05, 0.1) is 5.69 Å². The maximum absolute atomic E-state index is 9.04. The van der Waals surface area contributed by atoms with Crippen LogP contribution >= 0.6 is 15.9 Å². The lowest BCUT2D eigenvalue weighted by atomic mass is 10.2. The van der Waals surface area contributed by atoms with Crippen LogP contribution < -0.4 is 4.90 Å². The number of halogens is 1. The van der Waals surface area contributed by atoms with Gasteiger partial charge in [0.2, 0.25) is 0 Å². The smallest absolute Gasteiger partial charge is 0.163 e. The summed E-state index contributed by atoms with van der Waals surface area (Å²) in [6.45, 7) is 0.724. The maximum atomic E-state index is 9.04. The summed E-state index contributed by atoms with van der Waals surface area (Å²) in [5.74, 6) is 0. The quantitative estimate of drug-likeness (QED) is 0.873. The van der Waals surface area contributed by atoms with Crippen molar-refractivity contribution >= 4 is 21.6 Å². The molecule has 18 heavy (non-hydrogen) atoms. The number of pyridine rings is 1. The molecule has 1 aromatic heterocycles. The van der Waals surface area contributed by atoms with E-state index in [1.807, 2.05) is 42.3 Å². The lowest BCUT2D eigenvalue weighted by Crippen LogP contribution is -2.18. The van der Waals surface area contributed by atoms with Gasteiger partial charge in [-0.25, -0.2) is 4.98 Å². The number of hydrogen-bond acceptors (Lipinski definition) is 3. The molecule has 2 aromatic rings. The Morgan fingerprint density at radius 3 is 2.78 bits per heavy atom. The van der Waals surface area contributed by atoms with Gasteiger partial charge in [-0.3, -0.25) is 0 Å². The van der Waals surface area contributed by atoms with E-state index in [-0.39, 0.29) is 0 Å². The molecular weight excluding hydrogens is 290 g/mol. The van der Waals surface area contributed by atoms with Gasteiger partial charge in [-0.1, -0.05) is 34.1 Å². The van der Waals surface area contributed by atoms with Gasteiger partial charge in [-0.15, -0.1) is 0 Å². The molecule has 1 aromatic carbocycles. The summed E-state index contributed by atoms with van der Waals surface area (Å²) in [5.41, 5.74) is 2.47. The van der Waals surface area contributed by atoms with Crippen molar-refractivity contribution in [1.82, 2.24) is 4.98 Å². The van der Waals surface area contributed by atoms with Gasteiger partial charge in [0.15, 0.2) is 5.69 Å². The molecule has 0 N–H and O–H groups in total. The molecule has 0 spiro atoms. The van der Waals surface area contributed by atoms with Gasteiger partial charge in [-0.2, -0.15) is 5.26 Å². The zero-order valence-corrected chi connectivity index (χ0v) is 11.6. The molecule has 90 valence electrons. The SMILES string of the molecule is CN(Cc1ccccc1Br)c1cccnc1C#N. The third kappa shape index (κ3) is 2.69. The van der Waals surface area contributed by atoms with E-state index in [4.69, 9.17) is 5.26 Å². The first-order valence-corrected chi connectivity index (χ1v) is 6.31. The predicted octanol–water partition coefficient (Wildman–Crippen LogP) is 3.35. The fourth-order valence-electron chi connectivity index (χ4n) is 1.76. The van der Waals surface area contributed by atoms with E-state index in [0.29, 0.717) is 5.69 Å². The second kappa shape index (κ2) is 5.65. The highest BCUT2D eigenvalue weighted by atomic mass is 79.9. The van der Waals surface area contributed by atoms with Crippen LogP contribution in [0.25, 0.3) is 0 Å². The van der Waals surface area contributed by atoms with E-state index in [1.54, 1.807) is 6.20 Å². The number of hydrogen-bond donors (Lipinski definition) is 0. The molecule has 0 aliphatic heterocycles. The van der Waals surface area contributed by atoms with Crippen LogP contribution in [0.3, 0.4) is 0 Å². The van der Waals surface area contributed by atoms with Crippen LogP contribution in [0, 0.1) is 11.3 Å². The third-order valence-electron chi connectivity index (χ3n) is 2.67. The maximum Gasteiger partial charge on any atom is 0.163 e. The van der Waals surface area contributed by atoms with Crippen LogP contribution in [0.15, 0.2) is 47.1 Å². The van der Waals surface area contributed by atoms with Crippen LogP contribution in [0.2, 0.25) is 0 Å². The molecule has 2 rings (SSSR count). The van der Waals surface area contributed by atoms with E-state index >= 15 is 0 Å². The van der Waals surface area contributed by atoms with E-state index in [9.17, 15) is 0 Å². The van der Waals surface area contributed by atoms with Gasteiger partial charge in [0, 0.05) is 24.3 Å². The largest absolute Gasteiger partial charge is 0.368 e. The molecule has 0 radical (unpaired) electrons. The van der Waals surface area contributed by atoms with E-state index in [2.05, 4.69) is 33.0 Å². The Balaban J connectivity index is 2.26. The molecule has 1 heterocycles. The summed E-state index contributed by atoms with van der Waals surface area (Å²) in [4.78, 5) is 6.09. The van der Waals surface area contributed by atoms with Gasteiger partial charge < -0.3 is 4.90 Å². The van der Waals surface area contributed by atoms with Gasteiger partial charge >= 0.3 is 0 Å². The molecule has 4 heteroatoms. The molecule has 0 saturated carbocycles. The molecule has 0 bridgehead atoms. The van der Waals surface area contributed by atoms with Crippen molar-refractivity contribution in [3.8, 4) is 6.07 Å². The molecular formula is C14H12BrN3. The van der Waals surface area contributed by atoms with Crippen LogP contribution in [0.4, 0.5) is 5.69 Å². The Labute approximate surface area is 115 Å². The lowest BCUT2D eigenvalue weighted by Gasteiger charge is -2.20. The zero-order chi connectivity index (χ0) is 13.0. The fourth-order valence-corrected chi connectivity index (χ4v) is 2.17. The summed E-state index contributed by atoms with van der Waals surface area (Å²) < 4.78 is 1.07. The Hall–Kier alpha value is -1.86. The van der Waals surface area contributed by atoms with E-state index < -0.39 is 0 Å². The van der Waals surface area contributed by atoms with Crippen molar-refractivity contribution < 1.29 is 0 Å². The molecule has 0 amide bonds. The molecule has 3 nitrogen and oxygen atoms in total. The van der Waals surface area contributed by atoms with E-state index in [1.165, 1.54) is 5.56 Å². The average molecular weight is 302 g/mol. The fraction of sp³-hybridized carbons (Fsp3) is 0.143. The van der Waals surface area contributed by atoms with Gasteiger partial charge in [0.25, 0.3) is 0 Å². The number of nitriles is 1. The molecule has 0 aliphatic carbocycles. The average Bonchev–Trinajstić information content (AvgIpc) is 2.41. The minimum absolute atomic E-state index is 0.451. The van der Waals surface area contributed by atoms with Gasteiger partial charge in [0.1, 0.15) is 6.07 Å². The zero-order valence-electron chi connectivity index (χ0n) is 9.97. The van der Waals surface area contributed by atoms with Gasteiger partial charge in [-0.05, 0) is 23.8 Å². The highest BCUT2D eigenvalue weighted by Crippen LogP contribution is 2.22. The summed E-state index contributed by atoms with van der Waals surface area (Å²) >= 11 is 3.53. The molecule has 0 fully saturated rings. The minimum Gasteiger partial charge on any atom is -0.368 e. The number of aromatic nitrogens is 1. The first kappa shape index (κ1) is 12.6. The van der Waals surface area contributed by atoms with Crippen molar-refractivity contribution in [3.05, 3.63) is 58.3 Å². The van der Waals surface area contributed by atoms with E-state index in [0.717, 1.165) is 16.7 Å². The number of rotatable bonds is 3. The monoisotopic (exact) mass is 301 g/mol. The van der Waals surface area contributed by atoms with Crippen molar-refractivity contribution in [2.75, 3.05) is 11.9 Å². The summed E-state index contributed by atoms with van der Waals surface area (Å²) in [6, 6.07) is 13.9. The highest BCUT2D eigenvalue weighted by Gasteiger charge is 2.09. The standard InChI is InChI=1S/C14H12BrN3/c1-18(10-11-5-2-3-6-12(11)15)14-7-4-8-17-13(14)9-16/h2-8H,10H2,1H3. The second-order valence-electron chi connectivity index (χ2n) is 3.93. The minimum atomic E-state index is 0.451. The number of anilines is 1. The van der Waals surface area contributed by atoms with Crippen molar-refractivity contribution in [2.45, 2.75) is 6.54 Å². The van der Waals surface area contributed by atoms with Crippen molar-refractivity contribution in [3.63, 3.8) is 0 Å². The van der Waals surface area contributed by atoms with Crippen LogP contribution in [-0.2, 0) is 6.54 Å². The number of benzene rings is 1. The predicted molar refractivity (Wildman–Crippen MR) is 75.2 cm³/mol. The third-order valence-corrected chi connectivity index (χ3v) is 3.44. The van der Waals surface area contributed by atoms with Crippen molar-refractivity contribution in [2.24, 2.45) is 0 Å². The van der Waals surface area contributed by atoms with Crippen LogP contribution in [0.5, 0.6) is 0 Å².